The van der Waals surface area contributed by atoms with Gasteiger partial charge in [0, 0.05) is 0 Å². The van der Waals surface area contributed by atoms with Crippen molar-refractivity contribution in [2.75, 3.05) is 0 Å². The molecular formula is C32H62. The van der Waals surface area contributed by atoms with Crippen LogP contribution in [0.15, 0.2) is 24.8 Å². The molecule has 0 aliphatic carbocycles. The normalized spacial score (nSPS) is 12.2. The van der Waals surface area contributed by atoms with Gasteiger partial charge in [-0.2, -0.15) is 0 Å². The van der Waals surface area contributed by atoms with E-state index in [9.17, 15) is 0 Å². The molecular weight excluding hydrogens is 384 g/mol. The number of hydrogen-bond acceptors (Lipinski definition) is 0. The van der Waals surface area contributed by atoms with Crippen molar-refractivity contribution in [1.29, 1.82) is 0 Å². The van der Waals surface area contributed by atoms with Crippen LogP contribution in [0.4, 0.5) is 0 Å². The van der Waals surface area contributed by atoms with Gasteiger partial charge in [0.2, 0.25) is 0 Å². The molecule has 0 nitrogen and oxygen atoms in total. The van der Waals surface area contributed by atoms with E-state index in [0.717, 1.165) is 5.92 Å². The van der Waals surface area contributed by atoms with Crippen LogP contribution in [0.25, 0.3) is 0 Å². The van der Waals surface area contributed by atoms with Crippen LogP contribution in [0.2, 0.25) is 0 Å². The maximum absolute atomic E-state index is 4.00. The Balaban J connectivity index is 3.66. The summed E-state index contributed by atoms with van der Waals surface area (Å²) in [6.07, 6.45) is 37.8. The second-order valence-electron chi connectivity index (χ2n) is 10.7. The van der Waals surface area contributed by atoms with Crippen LogP contribution in [-0.4, -0.2) is 0 Å². The van der Waals surface area contributed by atoms with Gasteiger partial charge in [-0.15, -0.1) is 13.2 Å². The van der Waals surface area contributed by atoms with Gasteiger partial charge < -0.3 is 0 Å². The number of unbranched alkanes of at least 4 members (excludes halogenated alkanes) is 18. The van der Waals surface area contributed by atoms with Crippen LogP contribution in [0.5, 0.6) is 0 Å². The Bertz CT molecular complexity index is 379. The van der Waals surface area contributed by atoms with Crippen molar-refractivity contribution in [3.05, 3.63) is 24.8 Å². The molecule has 0 aromatic carbocycles. The third kappa shape index (κ3) is 25.7. The molecule has 190 valence electrons. The Morgan fingerprint density at radius 1 is 0.562 bits per heavy atom. The Morgan fingerprint density at radius 2 is 0.938 bits per heavy atom. The van der Waals surface area contributed by atoms with Gasteiger partial charge in [-0.3, -0.25) is 0 Å². The smallest absolute Gasteiger partial charge is 0.0326 e. The highest BCUT2D eigenvalue weighted by atomic mass is 14.1. The van der Waals surface area contributed by atoms with Crippen molar-refractivity contribution in [2.45, 2.75) is 174 Å². The van der Waals surface area contributed by atoms with Gasteiger partial charge in [-0.25, -0.2) is 0 Å². The van der Waals surface area contributed by atoms with Crippen LogP contribution in [-0.2, 0) is 0 Å². The number of rotatable bonds is 27. The van der Waals surface area contributed by atoms with Gasteiger partial charge in [0.05, 0.1) is 0 Å². The van der Waals surface area contributed by atoms with Gasteiger partial charge in [0.25, 0.3) is 0 Å². The SMILES string of the molecule is C=CCCCCCC(CCCCCCCC)CCCCCCCCCCCCCC(=C)C. The molecule has 0 aliphatic rings. The van der Waals surface area contributed by atoms with E-state index in [-0.39, 0.29) is 0 Å². The minimum Gasteiger partial charge on any atom is -0.103 e. The molecule has 0 aromatic heterocycles. The summed E-state index contributed by atoms with van der Waals surface area (Å²) in [6.45, 7) is 12.3. The predicted octanol–water partition coefficient (Wildman–Crippen LogP) is 12.1. The number of allylic oxidation sites excluding steroid dienone is 2. The highest BCUT2D eigenvalue weighted by Gasteiger charge is 2.08. The van der Waals surface area contributed by atoms with Crippen molar-refractivity contribution < 1.29 is 0 Å². The summed E-state index contributed by atoms with van der Waals surface area (Å²) in [5.74, 6) is 1.01. The van der Waals surface area contributed by atoms with E-state index in [1.807, 2.05) is 0 Å². The third-order valence-electron chi connectivity index (χ3n) is 7.20. The number of hydrogen-bond donors (Lipinski definition) is 0. The van der Waals surface area contributed by atoms with Crippen molar-refractivity contribution in [1.82, 2.24) is 0 Å². The minimum absolute atomic E-state index is 1.01. The summed E-state index contributed by atoms with van der Waals surface area (Å²) in [5, 5.41) is 0. The monoisotopic (exact) mass is 446 g/mol. The third-order valence-corrected chi connectivity index (χ3v) is 7.20. The van der Waals surface area contributed by atoms with Gasteiger partial charge in [-0.1, -0.05) is 153 Å². The first-order valence-electron chi connectivity index (χ1n) is 15.0. The van der Waals surface area contributed by atoms with Crippen LogP contribution < -0.4 is 0 Å². The van der Waals surface area contributed by atoms with Gasteiger partial charge in [-0.05, 0) is 38.5 Å². The summed E-state index contributed by atoms with van der Waals surface area (Å²) >= 11 is 0. The topological polar surface area (TPSA) is 0 Å². The summed E-state index contributed by atoms with van der Waals surface area (Å²) in [5.41, 5.74) is 1.35. The molecule has 1 unspecified atom stereocenters. The molecule has 0 aliphatic heterocycles. The zero-order valence-corrected chi connectivity index (χ0v) is 22.7. The zero-order chi connectivity index (χ0) is 23.5. The molecule has 1 atom stereocenters. The second-order valence-corrected chi connectivity index (χ2v) is 10.7. The average Bonchev–Trinajstić information content (AvgIpc) is 2.78. The van der Waals surface area contributed by atoms with Gasteiger partial charge in [0.1, 0.15) is 0 Å². The molecule has 0 radical (unpaired) electrons. The standard InChI is InChI=1S/C32H62/c1-5-7-9-11-21-25-29-32(28-24-19-10-8-6-2)30-26-22-18-16-14-12-13-15-17-20-23-27-31(3)4/h6,32H,2-3,5,7-30H2,1,4H3. The minimum atomic E-state index is 1.01. The molecule has 0 aromatic rings. The van der Waals surface area contributed by atoms with E-state index in [1.54, 1.807) is 0 Å². The summed E-state index contributed by atoms with van der Waals surface area (Å²) in [7, 11) is 0. The molecule has 0 bridgehead atoms. The summed E-state index contributed by atoms with van der Waals surface area (Å²) in [6, 6.07) is 0. The van der Waals surface area contributed by atoms with Crippen LogP contribution in [0.1, 0.15) is 174 Å². The average molecular weight is 447 g/mol. The zero-order valence-electron chi connectivity index (χ0n) is 22.7. The molecule has 0 heterocycles. The van der Waals surface area contributed by atoms with E-state index in [4.69, 9.17) is 0 Å². The van der Waals surface area contributed by atoms with Crippen molar-refractivity contribution in [3.63, 3.8) is 0 Å². The van der Waals surface area contributed by atoms with Gasteiger partial charge in [0.15, 0.2) is 0 Å². The fourth-order valence-electron chi connectivity index (χ4n) is 5.00. The second kappa shape index (κ2) is 26.7. The molecule has 0 rings (SSSR count). The first-order chi connectivity index (χ1) is 15.7. The van der Waals surface area contributed by atoms with Crippen molar-refractivity contribution >= 4 is 0 Å². The molecule has 0 saturated heterocycles. The largest absolute Gasteiger partial charge is 0.103 e. The first-order valence-corrected chi connectivity index (χ1v) is 15.0. The highest BCUT2D eigenvalue weighted by Crippen LogP contribution is 2.24. The van der Waals surface area contributed by atoms with E-state index < -0.39 is 0 Å². The lowest BCUT2D eigenvalue weighted by Gasteiger charge is -2.17. The lowest BCUT2D eigenvalue weighted by atomic mass is 9.89. The Morgan fingerprint density at radius 3 is 1.34 bits per heavy atom. The van der Waals surface area contributed by atoms with Crippen LogP contribution >= 0.6 is 0 Å². The molecule has 0 fully saturated rings. The van der Waals surface area contributed by atoms with E-state index in [2.05, 4.69) is 33.1 Å². The fourth-order valence-corrected chi connectivity index (χ4v) is 5.00. The highest BCUT2D eigenvalue weighted by molar-refractivity contribution is 4.86. The van der Waals surface area contributed by atoms with Crippen LogP contribution in [0.3, 0.4) is 0 Å². The predicted molar refractivity (Wildman–Crippen MR) is 150 cm³/mol. The van der Waals surface area contributed by atoms with Gasteiger partial charge >= 0.3 is 0 Å². The molecule has 0 spiro atoms. The van der Waals surface area contributed by atoms with Crippen molar-refractivity contribution in [2.24, 2.45) is 5.92 Å². The maximum atomic E-state index is 4.00. The van der Waals surface area contributed by atoms with Crippen molar-refractivity contribution in [3.8, 4) is 0 Å². The molecule has 0 saturated carbocycles. The summed E-state index contributed by atoms with van der Waals surface area (Å²) in [4.78, 5) is 0. The Labute approximate surface area is 205 Å². The molecule has 32 heavy (non-hydrogen) atoms. The molecule has 0 amide bonds. The molecule has 0 heteroatoms. The summed E-state index contributed by atoms with van der Waals surface area (Å²) < 4.78 is 0. The van der Waals surface area contributed by atoms with E-state index in [1.165, 1.54) is 166 Å². The molecule has 0 N–H and O–H groups in total. The first kappa shape index (κ1) is 31.5. The quantitative estimate of drug-likeness (QED) is 0.0868. The lowest BCUT2D eigenvalue weighted by Crippen LogP contribution is -2.01. The maximum Gasteiger partial charge on any atom is -0.0326 e. The Kier molecular flexibility index (Phi) is 26.3. The Hall–Kier alpha value is -0.520. The van der Waals surface area contributed by atoms with Crippen LogP contribution in [0, 0.1) is 5.92 Å². The van der Waals surface area contributed by atoms with E-state index >= 15 is 0 Å². The fraction of sp³-hybridized carbons (Fsp3) is 0.875. The lowest BCUT2D eigenvalue weighted by molar-refractivity contribution is 0.367. The van der Waals surface area contributed by atoms with E-state index in [0.29, 0.717) is 0 Å².